The molecule has 0 amide bonds. The van der Waals surface area contributed by atoms with Gasteiger partial charge in [-0.25, -0.2) is 0 Å². The van der Waals surface area contributed by atoms with Gasteiger partial charge >= 0.3 is 0 Å². The zero-order valence-electron chi connectivity index (χ0n) is 66.4. The molecule has 8 nitrogen and oxygen atoms in total. The van der Waals surface area contributed by atoms with Crippen LogP contribution >= 0.6 is 118 Å². The number of benzene rings is 8. The number of fused-ring (bicyclic) bond motifs is 14. The Morgan fingerprint density at radius 2 is 0.311 bits per heavy atom. The molecule has 0 atom stereocenters. The summed E-state index contributed by atoms with van der Waals surface area (Å²) in [7, 11) is 0. The monoisotopic (exact) mass is 1610 g/mol. The van der Waals surface area contributed by atoms with Gasteiger partial charge in [0.1, 0.15) is 46.0 Å². The number of aromatic hydroxyl groups is 4. The quantitative estimate of drug-likeness (QED) is 0.115. The van der Waals surface area contributed by atoms with Gasteiger partial charge in [-0.2, -0.15) is 23.5 Å². The third kappa shape index (κ3) is 19.4. The Hall–Kier alpha value is -4.34. The summed E-state index contributed by atoms with van der Waals surface area (Å²) in [5.41, 5.74) is 6.36. The Balaban J connectivity index is 1.13. The fourth-order valence-electron chi connectivity index (χ4n) is 11.9. The van der Waals surface area contributed by atoms with Gasteiger partial charge in [-0.1, -0.05) is 260 Å². The summed E-state index contributed by atoms with van der Waals surface area (Å²) >= 11 is 15.7. The second-order valence-corrected chi connectivity index (χ2v) is 47.0. The molecule has 4 N–H and O–H groups in total. The molecule has 568 valence electrons. The van der Waals surface area contributed by atoms with Gasteiger partial charge in [-0.3, -0.25) is 0 Å². The predicted molar refractivity (Wildman–Crippen MR) is 457 cm³/mol. The summed E-state index contributed by atoms with van der Waals surface area (Å²) in [4.78, 5) is 12.6. The second-order valence-electron chi connectivity index (χ2n) is 35.9. The van der Waals surface area contributed by atoms with Crippen molar-refractivity contribution >= 4 is 118 Å². The first-order valence-corrected chi connectivity index (χ1v) is 45.4. The number of hydrogen-bond acceptors (Lipinski definition) is 18. The van der Waals surface area contributed by atoms with Crippen molar-refractivity contribution in [1.82, 2.24) is 0 Å². The third-order valence-corrected chi connectivity index (χ3v) is 29.1. The topological polar surface area (TPSA) is 118 Å². The van der Waals surface area contributed by atoms with Crippen molar-refractivity contribution in [2.75, 3.05) is 49.4 Å². The van der Waals surface area contributed by atoms with Crippen LogP contribution in [0.15, 0.2) is 175 Å². The molecule has 106 heavy (non-hydrogen) atoms. The average molecular weight is 1610 g/mol. The highest BCUT2D eigenvalue weighted by atomic mass is 32.2. The molecule has 0 saturated carbocycles. The third-order valence-electron chi connectivity index (χ3n) is 18.8. The Morgan fingerprint density at radius 3 is 0.425 bits per heavy atom. The van der Waals surface area contributed by atoms with E-state index in [2.05, 4.69) is 263 Å². The molecule has 12 rings (SSSR count). The number of phenolic OH excluding ortho intramolecular Hbond substituents is 4. The van der Waals surface area contributed by atoms with Crippen LogP contribution in [-0.4, -0.2) is 69.9 Å². The number of hydrogen-bond donors (Lipinski definition) is 4. The summed E-state index contributed by atoms with van der Waals surface area (Å²) < 4.78 is 29.0. The minimum absolute atomic E-state index is 0.185. The first kappa shape index (κ1) is 82.6. The van der Waals surface area contributed by atoms with E-state index in [9.17, 15) is 20.4 Å². The van der Waals surface area contributed by atoms with Crippen molar-refractivity contribution in [3.63, 3.8) is 0 Å². The van der Waals surface area contributed by atoms with Crippen LogP contribution < -0.4 is 18.9 Å². The highest BCUT2D eigenvalue weighted by molar-refractivity contribution is 8.02. The van der Waals surface area contributed by atoms with Crippen molar-refractivity contribution in [3.05, 3.63) is 142 Å². The van der Waals surface area contributed by atoms with E-state index < -0.39 is 0 Å². The van der Waals surface area contributed by atoms with Gasteiger partial charge in [0.05, 0.1) is 105 Å². The molecule has 8 aromatic rings. The molecule has 18 heteroatoms. The summed E-state index contributed by atoms with van der Waals surface area (Å²) in [5, 5.41) is 52.3. The van der Waals surface area contributed by atoms with Crippen LogP contribution in [0.4, 0.5) is 0 Å². The SMILES string of the molecule is CC(C)(C)c1cc2c(O)c(c1)Sc1cc(C(C)(C)C)cc3c1OCCSCCOc1c4cc(C(C)(C)C)cc1Sc1cc(C(C)(C)C)cc(c1O)Sc1cc(C(C)(C)C)cc(c1OCCSCCOc1c(cc(C(C)(C)C)cc1Sc1cc(C(C)(C)C)cc(c1O)S3)S2)Sc1cc(C(C)(C)C)cc(c1O)S4. The van der Waals surface area contributed by atoms with E-state index in [1.807, 2.05) is 0 Å². The molecule has 0 radical (unpaired) electrons. The Morgan fingerprint density at radius 1 is 0.198 bits per heavy atom. The fraction of sp³-hybridized carbons (Fsp3) is 0.455. The lowest BCUT2D eigenvalue weighted by molar-refractivity contribution is 0.322. The lowest BCUT2D eigenvalue weighted by atomic mass is 9.87. The predicted octanol–water partition coefficient (Wildman–Crippen LogP) is 27.4. The Bertz CT molecular complexity index is 3860. The molecule has 8 aromatic carbocycles. The number of rotatable bonds is 0. The highest BCUT2D eigenvalue weighted by Crippen LogP contribution is 2.60. The number of phenols is 4. The van der Waals surface area contributed by atoms with Crippen LogP contribution in [0.25, 0.3) is 0 Å². The first-order valence-electron chi connectivity index (χ1n) is 36.5. The largest absolute Gasteiger partial charge is 0.506 e. The maximum Gasteiger partial charge on any atom is 0.147 e. The molecule has 0 spiro atoms. The second kappa shape index (κ2) is 31.7. The van der Waals surface area contributed by atoms with E-state index >= 15 is 0 Å². The van der Waals surface area contributed by atoms with Gasteiger partial charge in [0, 0.05) is 23.0 Å². The molecule has 0 aromatic heterocycles. The summed E-state index contributed by atoms with van der Waals surface area (Å²) in [6, 6.07) is 35.0. The van der Waals surface area contributed by atoms with Crippen molar-refractivity contribution in [1.29, 1.82) is 0 Å². The lowest BCUT2D eigenvalue weighted by Crippen LogP contribution is -2.14. The van der Waals surface area contributed by atoms with Crippen LogP contribution in [0, 0.1) is 0 Å². The summed E-state index contributed by atoms with van der Waals surface area (Å²) in [5.74, 6) is 5.93. The molecular formula is C88H108O8S10. The van der Waals surface area contributed by atoms with Crippen LogP contribution in [-0.2, 0) is 43.3 Å². The van der Waals surface area contributed by atoms with Crippen molar-refractivity contribution in [3.8, 4) is 46.0 Å². The van der Waals surface area contributed by atoms with Crippen LogP contribution in [0.2, 0.25) is 0 Å². The average Bonchev–Trinajstić information content (AvgIpc) is 0.768. The van der Waals surface area contributed by atoms with E-state index in [0.717, 1.165) is 83.7 Å². The van der Waals surface area contributed by atoms with Gasteiger partial charge < -0.3 is 39.4 Å². The number of ether oxygens (including phenoxy) is 4. The minimum Gasteiger partial charge on any atom is -0.506 e. The summed E-state index contributed by atoms with van der Waals surface area (Å²) in [6.07, 6.45) is 0. The van der Waals surface area contributed by atoms with Crippen LogP contribution in [0.3, 0.4) is 0 Å². The van der Waals surface area contributed by atoms with Crippen LogP contribution in [0.5, 0.6) is 46.0 Å². The molecule has 0 saturated heterocycles. The maximum atomic E-state index is 13.1. The first-order chi connectivity index (χ1) is 49.2. The van der Waals surface area contributed by atoms with Crippen LogP contribution in [0.1, 0.15) is 211 Å². The molecule has 4 aliphatic heterocycles. The highest BCUT2D eigenvalue weighted by Gasteiger charge is 2.34. The molecular weight excluding hydrogens is 1510 g/mol. The van der Waals surface area contributed by atoms with Gasteiger partial charge in [0.2, 0.25) is 0 Å². The number of thioether (sulfide) groups is 2. The van der Waals surface area contributed by atoms with Crippen molar-refractivity contribution in [2.45, 2.75) is 288 Å². The van der Waals surface area contributed by atoms with Crippen molar-refractivity contribution < 1.29 is 39.4 Å². The van der Waals surface area contributed by atoms with E-state index in [1.165, 1.54) is 94.1 Å². The van der Waals surface area contributed by atoms with Gasteiger partial charge in [-0.15, -0.1) is 0 Å². The molecule has 4 aliphatic rings. The Kier molecular flexibility index (Phi) is 24.7. The van der Waals surface area contributed by atoms with E-state index in [0.29, 0.717) is 112 Å². The smallest absolute Gasteiger partial charge is 0.147 e. The zero-order chi connectivity index (χ0) is 77.3. The molecule has 20 bridgehead atoms. The minimum atomic E-state index is -0.292. The van der Waals surface area contributed by atoms with E-state index in [4.69, 9.17) is 18.9 Å². The zero-order valence-corrected chi connectivity index (χ0v) is 74.6. The molecule has 0 fully saturated rings. The summed E-state index contributed by atoms with van der Waals surface area (Å²) in [6.45, 7) is 54.8. The Labute approximate surface area is 675 Å². The van der Waals surface area contributed by atoms with Gasteiger partial charge in [-0.05, 0) is 185 Å². The van der Waals surface area contributed by atoms with E-state index in [-0.39, 0.29) is 66.3 Å². The standard InChI is InChI=1S/C88H108O8S10/c1-81(2,3)49-33-57-73(89)58(34-49)100-66-42-54(86(16,17)18)44-68-78(66)94-26-30-98-32-28-96-80-70-46-56(88(22,23)24)48-72(80)106-64-40-52(84(10,11)12)39-63(76(64)92)105-71-47-55(87(19,20)21)45-69(103-61-37-51(83(7,8)9)38-62(104-70)75(61)91)79(71)95-27-31-97-29-25-93-77-65(99-57)41-53(85(13,14)15)43-67(77)101-59-35-50(82(4,5)6)36-60(102-68)74(59)90/h33-48,89-92H,25-32H2,1-24H3. The lowest BCUT2D eigenvalue weighted by Gasteiger charge is -2.27. The molecule has 0 aliphatic carbocycles. The normalized spacial score (nSPS) is 15.7. The maximum absolute atomic E-state index is 13.1. The van der Waals surface area contributed by atoms with Crippen molar-refractivity contribution in [2.24, 2.45) is 0 Å². The molecule has 4 heterocycles. The molecule has 0 unspecified atom stereocenters. The van der Waals surface area contributed by atoms with Gasteiger partial charge in [0.15, 0.2) is 0 Å². The van der Waals surface area contributed by atoms with E-state index in [1.54, 1.807) is 23.5 Å². The fourth-order valence-corrected chi connectivity index (χ4v) is 22.2. The van der Waals surface area contributed by atoms with Gasteiger partial charge in [0.25, 0.3) is 0 Å².